The summed E-state index contributed by atoms with van der Waals surface area (Å²) in [4.78, 5) is 8.46. The third-order valence-electron chi connectivity index (χ3n) is 3.42. The van der Waals surface area contributed by atoms with Crippen molar-refractivity contribution in [1.29, 1.82) is 0 Å². The van der Waals surface area contributed by atoms with E-state index in [-0.39, 0.29) is 5.28 Å². The molecule has 0 bridgehead atoms. The minimum absolute atomic E-state index is 0.203. The molecule has 2 heterocycles. The standard InChI is InChI=1S/C14H14ClN5/c1-8-5-4-6-11(9(8)2)17-12-10-7-16-20(3)13(10)19-14(15)18-12/h4-7H,1-3H3,(H,17,18,19). The van der Waals surface area contributed by atoms with Gasteiger partial charge in [-0.15, -0.1) is 0 Å². The second-order valence-electron chi connectivity index (χ2n) is 4.72. The molecule has 3 aromatic rings. The van der Waals surface area contributed by atoms with Gasteiger partial charge in [0.15, 0.2) is 5.65 Å². The van der Waals surface area contributed by atoms with Gasteiger partial charge in [0.2, 0.25) is 5.28 Å². The Bertz CT molecular complexity index is 794. The average Bonchev–Trinajstić information content (AvgIpc) is 2.77. The van der Waals surface area contributed by atoms with Crippen molar-refractivity contribution in [2.75, 3.05) is 5.32 Å². The molecular weight excluding hydrogens is 274 g/mol. The van der Waals surface area contributed by atoms with Gasteiger partial charge in [-0.05, 0) is 42.6 Å². The van der Waals surface area contributed by atoms with Gasteiger partial charge in [-0.1, -0.05) is 12.1 Å². The Morgan fingerprint density at radius 1 is 1.20 bits per heavy atom. The van der Waals surface area contributed by atoms with E-state index in [1.54, 1.807) is 10.9 Å². The van der Waals surface area contributed by atoms with E-state index in [2.05, 4.69) is 40.3 Å². The lowest BCUT2D eigenvalue weighted by atomic mass is 10.1. The molecule has 0 aliphatic carbocycles. The molecule has 0 radical (unpaired) electrons. The maximum absolute atomic E-state index is 5.99. The van der Waals surface area contributed by atoms with Crippen molar-refractivity contribution < 1.29 is 0 Å². The van der Waals surface area contributed by atoms with Crippen LogP contribution < -0.4 is 5.32 Å². The molecule has 0 atom stereocenters. The van der Waals surface area contributed by atoms with Crippen molar-refractivity contribution in [3.63, 3.8) is 0 Å². The molecule has 2 aromatic heterocycles. The normalized spacial score (nSPS) is 11.0. The van der Waals surface area contributed by atoms with Crippen LogP contribution in [0.4, 0.5) is 11.5 Å². The van der Waals surface area contributed by atoms with Gasteiger partial charge in [-0.2, -0.15) is 15.1 Å². The summed E-state index contributed by atoms with van der Waals surface area (Å²) >= 11 is 5.99. The predicted octanol–water partition coefficient (Wildman–Crippen LogP) is 3.38. The molecule has 0 aliphatic rings. The molecule has 3 rings (SSSR count). The largest absolute Gasteiger partial charge is 0.339 e. The van der Waals surface area contributed by atoms with Gasteiger partial charge in [-0.3, -0.25) is 4.68 Å². The Hall–Kier alpha value is -2.14. The monoisotopic (exact) mass is 287 g/mol. The summed E-state index contributed by atoms with van der Waals surface area (Å²) in [5.74, 6) is 0.668. The fourth-order valence-electron chi connectivity index (χ4n) is 2.10. The number of hydrogen-bond acceptors (Lipinski definition) is 4. The number of nitrogens with zero attached hydrogens (tertiary/aromatic N) is 4. The van der Waals surface area contributed by atoms with Crippen LogP contribution in [-0.2, 0) is 7.05 Å². The van der Waals surface area contributed by atoms with E-state index in [0.29, 0.717) is 11.5 Å². The zero-order valence-corrected chi connectivity index (χ0v) is 12.2. The molecule has 0 aliphatic heterocycles. The third-order valence-corrected chi connectivity index (χ3v) is 3.59. The number of benzene rings is 1. The number of anilines is 2. The molecule has 20 heavy (non-hydrogen) atoms. The van der Waals surface area contributed by atoms with Crippen LogP contribution in [0.5, 0.6) is 0 Å². The summed E-state index contributed by atoms with van der Waals surface area (Å²) in [6.07, 6.45) is 1.74. The minimum atomic E-state index is 0.203. The van der Waals surface area contributed by atoms with Crippen molar-refractivity contribution in [1.82, 2.24) is 19.7 Å². The molecule has 1 N–H and O–H groups in total. The van der Waals surface area contributed by atoms with Gasteiger partial charge in [0.1, 0.15) is 5.82 Å². The average molecular weight is 288 g/mol. The highest BCUT2D eigenvalue weighted by Crippen LogP contribution is 2.27. The number of fused-ring (bicyclic) bond motifs is 1. The number of halogens is 1. The summed E-state index contributed by atoms with van der Waals surface area (Å²) in [6.45, 7) is 4.15. The fraction of sp³-hybridized carbons (Fsp3) is 0.214. The Morgan fingerprint density at radius 2 is 2.00 bits per heavy atom. The van der Waals surface area contributed by atoms with Crippen LogP contribution in [0.2, 0.25) is 5.28 Å². The first-order valence-electron chi connectivity index (χ1n) is 6.25. The third kappa shape index (κ3) is 2.10. The molecule has 0 saturated heterocycles. The highest BCUT2D eigenvalue weighted by atomic mass is 35.5. The van der Waals surface area contributed by atoms with Crippen molar-refractivity contribution in [2.24, 2.45) is 7.05 Å². The number of nitrogens with one attached hydrogen (secondary N) is 1. The molecule has 0 amide bonds. The van der Waals surface area contributed by atoms with Crippen molar-refractivity contribution >= 4 is 34.1 Å². The molecule has 0 unspecified atom stereocenters. The van der Waals surface area contributed by atoms with Gasteiger partial charge < -0.3 is 5.32 Å². The highest BCUT2D eigenvalue weighted by Gasteiger charge is 2.11. The quantitative estimate of drug-likeness (QED) is 0.734. The topological polar surface area (TPSA) is 55.6 Å². The van der Waals surface area contributed by atoms with Gasteiger partial charge in [0, 0.05) is 12.7 Å². The molecular formula is C14H14ClN5. The lowest BCUT2D eigenvalue weighted by Crippen LogP contribution is -2.00. The minimum Gasteiger partial charge on any atom is -0.339 e. The maximum atomic E-state index is 5.99. The Balaban J connectivity index is 2.13. The van der Waals surface area contributed by atoms with E-state index < -0.39 is 0 Å². The number of rotatable bonds is 2. The molecule has 6 heteroatoms. The summed E-state index contributed by atoms with van der Waals surface area (Å²) in [5, 5.41) is 8.56. The van der Waals surface area contributed by atoms with Gasteiger partial charge in [-0.25, -0.2) is 0 Å². The predicted molar refractivity (Wildman–Crippen MR) is 80.5 cm³/mol. The second-order valence-corrected chi connectivity index (χ2v) is 5.06. The molecule has 5 nitrogen and oxygen atoms in total. The maximum Gasteiger partial charge on any atom is 0.226 e. The zero-order chi connectivity index (χ0) is 14.3. The van der Waals surface area contributed by atoms with Crippen LogP contribution in [0, 0.1) is 13.8 Å². The van der Waals surface area contributed by atoms with Crippen LogP contribution in [0.15, 0.2) is 24.4 Å². The Morgan fingerprint density at radius 3 is 2.80 bits per heavy atom. The lowest BCUT2D eigenvalue weighted by Gasteiger charge is -2.11. The van der Waals surface area contributed by atoms with Crippen LogP contribution in [0.25, 0.3) is 11.0 Å². The van der Waals surface area contributed by atoms with Crippen LogP contribution in [0.3, 0.4) is 0 Å². The summed E-state index contributed by atoms with van der Waals surface area (Å²) in [5.41, 5.74) is 4.11. The SMILES string of the molecule is Cc1cccc(Nc2nc(Cl)nc3c2cnn3C)c1C. The van der Waals surface area contributed by atoms with E-state index >= 15 is 0 Å². The lowest BCUT2D eigenvalue weighted by molar-refractivity contribution is 0.785. The van der Waals surface area contributed by atoms with Gasteiger partial charge in [0.25, 0.3) is 0 Å². The van der Waals surface area contributed by atoms with Crippen LogP contribution >= 0.6 is 11.6 Å². The first kappa shape index (κ1) is 12.9. The van der Waals surface area contributed by atoms with Gasteiger partial charge >= 0.3 is 0 Å². The highest BCUT2D eigenvalue weighted by molar-refractivity contribution is 6.28. The Kier molecular flexibility index (Phi) is 3.06. The summed E-state index contributed by atoms with van der Waals surface area (Å²) < 4.78 is 1.68. The van der Waals surface area contributed by atoms with E-state index in [0.717, 1.165) is 11.1 Å². The van der Waals surface area contributed by atoms with E-state index in [4.69, 9.17) is 11.6 Å². The van der Waals surface area contributed by atoms with E-state index in [1.165, 1.54) is 11.1 Å². The zero-order valence-electron chi connectivity index (χ0n) is 11.5. The smallest absolute Gasteiger partial charge is 0.226 e. The van der Waals surface area contributed by atoms with Crippen molar-refractivity contribution in [3.8, 4) is 0 Å². The number of hydrogen-bond donors (Lipinski definition) is 1. The molecule has 102 valence electrons. The first-order chi connectivity index (χ1) is 9.56. The molecule has 1 aromatic carbocycles. The summed E-state index contributed by atoms with van der Waals surface area (Å²) in [7, 11) is 1.83. The van der Waals surface area contributed by atoms with Crippen LogP contribution in [-0.4, -0.2) is 19.7 Å². The van der Waals surface area contributed by atoms with Gasteiger partial charge in [0.05, 0.1) is 11.6 Å². The van der Waals surface area contributed by atoms with E-state index in [1.807, 2.05) is 19.2 Å². The van der Waals surface area contributed by atoms with Crippen LogP contribution in [0.1, 0.15) is 11.1 Å². The molecule has 0 spiro atoms. The fourth-order valence-corrected chi connectivity index (χ4v) is 2.27. The van der Waals surface area contributed by atoms with Crippen molar-refractivity contribution in [3.05, 3.63) is 40.8 Å². The number of aromatic nitrogens is 4. The van der Waals surface area contributed by atoms with Crippen molar-refractivity contribution in [2.45, 2.75) is 13.8 Å². The van der Waals surface area contributed by atoms with E-state index in [9.17, 15) is 0 Å². The molecule has 0 fully saturated rings. The Labute approximate surface area is 121 Å². The first-order valence-corrected chi connectivity index (χ1v) is 6.62. The summed E-state index contributed by atoms with van der Waals surface area (Å²) in [6, 6.07) is 6.10. The number of aryl methyl sites for hydroxylation is 2. The second kappa shape index (κ2) is 4.76. The molecule has 0 saturated carbocycles.